The molecule has 0 aromatic heterocycles. The summed E-state index contributed by atoms with van der Waals surface area (Å²) in [6, 6.07) is 2.06. The second kappa shape index (κ2) is 7.29. The van der Waals surface area contributed by atoms with Crippen molar-refractivity contribution in [3.63, 3.8) is 0 Å². The van der Waals surface area contributed by atoms with Gasteiger partial charge in [0.25, 0.3) is 0 Å². The summed E-state index contributed by atoms with van der Waals surface area (Å²) in [5.41, 5.74) is 5.97. The smallest absolute Gasteiger partial charge is 0.00962 e. The van der Waals surface area contributed by atoms with Crippen LogP contribution in [-0.2, 0) is 0 Å². The summed E-state index contributed by atoms with van der Waals surface area (Å²) in [4.78, 5) is 2.64. The Balaban J connectivity index is 2.37. The highest BCUT2D eigenvalue weighted by Gasteiger charge is 2.25. The minimum Gasteiger partial charge on any atom is -0.328 e. The van der Waals surface area contributed by atoms with E-state index in [1.807, 2.05) is 0 Å². The van der Waals surface area contributed by atoms with Crippen molar-refractivity contribution < 1.29 is 0 Å². The zero-order valence-electron chi connectivity index (χ0n) is 11.4. The molecule has 0 heterocycles. The molecule has 2 nitrogen and oxygen atoms in total. The van der Waals surface area contributed by atoms with E-state index in [2.05, 4.69) is 25.8 Å². The predicted octanol–water partition coefficient (Wildman–Crippen LogP) is 3.16. The Morgan fingerprint density at radius 2 is 1.81 bits per heavy atom. The zero-order chi connectivity index (χ0) is 12.0. The highest BCUT2D eigenvalue weighted by Crippen LogP contribution is 2.24. The van der Waals surface area contributed by atoms with Gasteiger partial charge < -0.3 is 10.6 Å². The van der Waals surface area contributed by atoms with Crippen molar-refractivity contribution >= 4 is 0 Å². The molecule has 16 heavy (non-hydrogen) atoms. The molecule has 0 saturated heterocycles. The fourth-order valence-corrected chi connectivity index (χ4v) is 2.94. The predicted molar refractivity (Wildman–Crippen MR) is 71.6 cm³/mol. The fraction of sp³-hybridized carbons (Fsp3) is 1.00. The molecule has 0 aromatic rings. The van der Waals surface area contributed by atoms with Crippen molar-refractivity contribution in [1.82, 2.24) is 4.90 Å². The van der Waals surface area contributed by atoms with Gasteiger partial charge in [0, 0.05) is 18.1 Å². The minimum atomic E-state index is 0.473. The number of hydrogen-bond acceptors (Lipinski definition) is 2. The highest BCUT2D eigenvalue weighted by molar-refractivity contribution is 4.82. The molecule has 0 spiro atoms. The monoisotopic (exact) mass is 226 g/mol. The Morgan fingerprint density at radius 1 is 1.19 bits per heavy atom. The van der Waals surface area contributed by atoms with E-state index in [1.54, 1.807) is 0 Å². The molecule has 0 bridgehead atoms. The molecule has 1 aliphatic rings. The van der Waals surface area contributed by atoms with Gasteiger partial charge in [-0.2, -0.15) is 0 Å². The van der Waals surface area contributed by atoms with Crippen LogP contribution in [0.1, 0.15) is 65.2 Å². The number of rotatable bonds is 6. The van der Waals surface area contributed by atoms with Gasteiger partial charge in [0.1, 0.15) is 0 Å². The van der Waals surface area contributed by atoms with Crippen LogP contribution in [0.25, 0.3) is 0 Å². The Hall–Kier alpha value is -0.0800. The van der Waals surface area contributed by atoms with Crippen molar-refractivity contribution in [1.29, 1.82) is 0 Å². The van der Waals surface area contributed by atoms with Crippen LogP contribution in [0.2, 0.25) is 0 Å². The van der Waals surface area contributed by atoms with E-state index in [4.69, 9.17) is 5.73 Å². The summed E-state index contributed by atoms with van der Waals surface area (Å²) in [6.45, 7) is 4.61. The van der Waals surface area contributed by atoms with Gasteiger partial charge in [-0.25, -0.2) is 0 Å². The fourth-order valence-electron chi connectivity index (χ4n) is 2.94. The van der Waals surface area contributed by atoms with E-state index in [-0.39, 0.29) is 0 Å². The molecule has 1 saturated carbocycles. The molecular formula is C14H30N2. The summed E-state index contributed by atoms with van der Waals surface area (Å²) in [5, 5.41) is 0. The van der Waals surface area contributed by atoms with Crippen LogP contribution >= 0.6 is 0 Å². The number of nitrogens with two attached hydrogens (primary N) is 1. The SMILES string of the molecule is CCCCC(CC)N(C)C1CCC(N)CC1. The third kappa shape index (κ3) is 4.06. The Labute approximate surface area is 102 Å². The third-order valence-electron chi connectivity index (χ3n) is 4.26. The van der Waals surface area contributed by atoms with Crippen LogP contribution in [0.3, 0.4) is 0 Å². The van der Waals surface area contributed by atoms with Gasteiger partial charge in [-0.15, -0.1) is 0 Å². The van der Waals surface area contributed by atoms with E-state index < -0.39 is 0 Å². The summed E-state index contributed by atoms with van der Waals surface area (Å²) in [5.74, 6) is 0. The number of unbranched alkanes of at least 4 members (excludes halogenated alkanes) is 1. The standard InChI is InChI=1S/C14H30N2/c1-4-6-7-13(5-2)16(3)14-10-8-12(15)9-11-14/h12-14H,4-11,15H2,1-3H3. The lowest BCUT2D eigenvalue weighted by Crippen LogP contribution is -2.43. The maximum Gasteiger partial charge on any atom is 0.00962 e. The largest absolute Gasteiger partial charge is 0.328 e. The number of nitrogens with zero attached hydrogens (tertiary/aromatic N) is 1. The van der Waals surface area contributed by atoms with Crippen molar-refractivity contribution in [3.05, 3.63) is 0 Å². The Bertz CT molecular complexity index is 169. The van der Waals surface area contributed by atoms with Crippen molar-refractivity contribution in [2.24, 2.45) is 5.73 Å². The zero-order valence-corrected chi connectivity index (χ0v) is 11.4. The van der Waals surface area contributed by atoms with E-state index in [0.29, 0.717) is 6.04 Å². The first-order valence-electron chi connectivity index (χ1n) is 7.16. The maximum absolute atomic E-state index is 5.97. The third-order valence-corrected chi connectivity index (χ3v) is 4.26. The average molecular weight is 226 g/mol. The van der Waals surface area contributed by atoms with Crippen LogP contribution in [0.4, 0.5) is 0 Å². The molecule has 1 rings (SSSR count). The first-order valence-corrected chi connectivity index (χ1v) is 7.16. The molecular weight excluding hydrogens is 196 g/mol. The molecule has 1 fully saturated rings. The van der Waals surface area contributed by atoms with Crippen LogP contribution in [-0.4, -0.2) is 30.1 Å². The van der Waals surface area contributed by atoms with Crippen molar-refractivity contribution in [2.75, 3.05) is 7.05 Å². The lowest BCUT2D eigenvalue weighted by molar-refractivity contribution is 0.121. The molecule has 2 heteroatoms. The van der Waals surface area contributed by atoms with Gasteiger partial charge in [-0.3, -0.25) is 0 Å². The van der Waals surface area contributed by atoms with Gasteiger partial charge in [0.05, 0.1) is 0 Å². The summed E-state index contributed by atoms with van der Waals surface area (Å²) in [7, 11) is 2.32. The topological polar surface area (TPSA) is 29.3 Å². The van der Waals surface area contributed by atoms with Gasteiger partial charge >= 0.3 is 0 Å². The molecule has 2 N–H and O–H groups in total. The van der Waals surface area contributed by atoms with Gasteiger partial charge in [0.2, 0.25) is 0 Å². The van der Waals surface area contributed by atoms with Crippen molar-refractivity contribution in [2.45, 2.75) is 83.3 Å². The van der Waals surface area contributed by atoms with Crippen LogP contribution in [0.5, 0.6) is 0 Å². The molecule has 96 valence electrons. The molecule has 1 unspecified atom stereocenters. The lowest BCUT2D eigenvalue weighted by atomic mass is 9.89. The quantitative estimate of drug-likeness (QED) is 0.754. The molecule has 0 aliphatic heterocycles. The molecule has 0 aromatic carbocycles. The second-order valence-electron chi connectivity index (χ2n) is 5.44. The van der Waals surface area contributed by atoms with Crippen LogP contribution in [0.15, 0.2) is 0 Å². The van der Waals surface area contributed by atoms with E-state index >= 15 is 0 Å². The van der Waals surface area contributed by atoms with Crippen LogP contribution < -0.4 is 5.73 Å². The van der Waals surface area contributed by atoms with Crippen LogP contribution in [0, 0.1) is 0 Å². The first-order chi connectivity index (χ1) is 7.69. The van der Waals surface area contributed by atoms with E-state index in [9.17, 15) is 0 Å². The van der Waals surface area contributed by atoms with E-state index in [1.165, 1.54) is 51.4 Å². The van der Waals surface area contributed by atoms with Gasteiger partial charge in [-0.1, -0.05) is 26.7 Å². The van der Waals surface area contributed by atoms with E-state index in [0.717, 1.165) is 12.1 Å². The Kier molecular flexibility index (Phi) is 6.37. The lowest BCUT2D eigenvalue weighted by Gasteiger charge is -2.38. The second-order valence-corrected chi connectivity index (χ2v) is 5.44. The first kappa shape index (κ1) is 14.0. The maximum atomic E-state index is 5.97. The van der Waals surface area contributed by atoms with Crippen molar-refractivity contribution in [3.8, 4) is 0 Å². The molecule has 1 aliphatic carbocycles. The molecule has 1 atom stereocenters. The summed E-state index contributed by atoms with van der Waals surface area (Å²) < 4.78 is 0. The average Bonchev–Trinajstić information content (AvgIpc) is 2.30. The van der Waals surface area contributed by atoms with Gasteiger partial charge in [0.15, 0.2) is 0 Å². The highest BCUT2D eigenvalue weighted by atomic mass is 15.2. The molecule has 0 amide bonds. The normalized spacial score (nSPS) is 28.3. The summed E-state index contributed by atoms with van der Waals surface area (Å²) in [6.07, 6.45) is 10.4. The Morgan fingerprint density at radius 3 is 2.31 bits per heavy atom. The number of hydrogen-bond donors (Lipinski definition) is 1. The molecule has 0 radical (unpaired) electrons. The summed E-state index contributed by atoms with van der Waals surface area (Å²) >= 11 is 0. The minimum absolute atomic E-state index is 0.473. The van der Waals surface area contributed by atoms with Gasteiger partial charge in [-0.05, 0) is 45.6 Å².